The van der Waals surface area contributed by atoms with Crippen LogP contribution in [0.1, 0.15) is 37.8 Å². The predicted octanol–water partition coefficient (Wildman–Crippen LogP) is 5.00. The number of rotatable bonds is 7. The van der Waals surface area contributed by atoms with Gasteiger partial charge in [-0.25, -0.2) is 12.8 Å². The lowest BCUT2D eigenvalue weighted by molar-refractivity contribution is 0.0741. The molecule has 0 saturated heterocycles. The zero-order chi connectivity index (χ0) is 29.1. The lowest BCUT2D eigenvalue weighted by Crippen LogP contribution is -2.49. The zero-order valence-corrected chi connectivity index (χ0v) is 24.6. The molecule has 6 nitrogen and oxygen atoms in total. The fourth-order valence-corrected chi connectivity index (χ4v) is 7.03. The molecule has 216 valence electrons. The number of likely N-dealkylation sites (N-methyl/N-ethyl adjacent to an activating group) is 1. The molecule has 3 aromatic carbocycles. The first kappa shape index (κ1) is 29.3. The van der Waals surface area contributed by atoms with Gasteiger partial charge in [-0.05, 0) is 86.3 Å². The van der Waals surface area contributed by atoms with Crippen molar-refractivity contribution in [1.29, 1.82) is 0 Å². The summed E-state index contributed by atoms with van der Waals surface area (Å²) in [5.74, 6) is 6.68. The molecule has 5 rings (SSSR count). The van der Waals surface area contributed by atoms with E-state index in [2.05, 4.69) is 23.8 Å². The quantitative estimate of drug-likeness (QED) is 0.401. The molecule has 1 aliphatic carbocycles. The van der Waals surface area contributed by atoms with Gasteiger partial charge in [0.25, 0.3) is 0 Å². The van der Waals surface area contributed by atoms with Crippen molar-refractivity contribution in [2.75, 3.05) is 33.3 Å². The monoisotopic (exact) mass is 576 g/mol. The summed E-state index contributed by atoms with van der Waals surface area (Å²) in [6.07, 6.45) is 2.29. The molecule has 0 spiro atoms. The van der Waals surface area contributed by atoms with Gasteiger partial charge in [-0.2, -0.15) is 4.31 Å². The number of fused-ring (bicyclic) bond motifs is 1. The van der Waals surface area contributed by atoms with Crippen molar-refractivity contribution in [2.24, 2.45) is 11.8 Å². The van der Waals surface area contributed by atoms with E-state index in [4.69, 9.17) is 4.74 Å². The van der Waals surface area contributed by atoms with Crippen molar-refractivity contribution in [3.63, 3.8) is 0 Å². The molecule has 8 heteroatoms. The molecule has 3 atom stereocenters. The number of hydrogen-bond donors (Lipinski definition) is 1. The smallest absolute Gasteiger partial charge is 0.247 e. The lowest BCUT2D eigenvalue weighted by Gasteiger charge is -2.37. The van der Waals surface area contributed by atoms with Gasteiger partial charge in [0.2, 0.25) is 10.0 Å². The third-order valence-electron chi connectivity index (χ3n) is 7.82. The number of sulfonamides is 1. The van der Waals surface area contributed by atoms with Crippen molar-refractivity contribution < 1.29 is 22.7 Å². The van der Waals surface area contributed by atoms with E-state index in [0.29, 0.717) is 17.9 Å². The van der Waals surface area contributed by atoms with Crippen LogP contribution in [0.2, 0.25) is 0 Å². The van der Waals surface area contributed by atoms with Crippen molar-refractivity contribution in [3.8, 4) is 28.7 Å². The molecular formula is C33H37FN2O4S. The van der Waals surface area contributed by atoms with Gasteiger partial charge in [-0.1, -0.05) is 43.0 Å². The molecule has 1 N–H and O–H groups in total. The largest absolute Gasteiger partial charge is 0.487 e. The number of hydrogen-bond acceptors (Lipinski definition) is 5. The highest BCUT2D eigenvalue weighted by molar-refractivity contribution is 7.89. The van der Waals surface area contributed by atoms with Gasteiger partial charge < -0.3 is 14.7 Å². The zero-order valence-electron chi connectivity index (χ0n) is 23.8. The van der Waals surface area contributed by atoms with Crippen molar-refractivity contribution in [2.45, 2.75) is 43.7 Å². The molecule has 41 heavy (non-hydrogen) atoms. The van der Waals surface area contributed by atoms with Crippen LogP contribution < -0.4 is 4.74 Å². The number of benzene rings is 3. The van der Waals surface area contributed by atoms with Crippen LogP contribution in [0.5, 0.6) is 5.75 Å². The van der Waals surface area contributed by atoms with Crippen LogP contribution in [0.25, 0.3) is 11.1 Å². The maximum absolute atomic E-state index is 13.8. The molecule has 0 aromatic heterocycles. The van der Waals surface area contributed by atoms with Crippen LogP contribution in [-0.4, -0.2) is 68.2 Å². The Balaban J connectivity index is 1.46. The van der Waals surface area contributed by atoms with E-state index < -0.39 is 16.1 Å². The molecule has 0 amide bonds. The number of aliphatic hydroxyl groups excluding tert-OH is 1. The Kier molecular flexibility index (Phi) is 8.81. The van der Waals surface area contributed by atoms with Crippen LogP contribution in [0.3, 0.4) is 0 Å². The normalized spacial score (nSPS) is 21.1. The Labute approximate surface area is 242 Å². The lowest BCUT2D eigenvalue weighted by atomic mass is 10.0. The third-order valence-corrected chi connectivity index (χ3v) is 9.84. The SMILES string of the molecule is C[C@H]1CN([C@@H](C)CO)S(=O)(=O)c2ccc(-c3ccc(C#Cc4cccc(F)c4)cc3)cc2O[C@H]1CN(C)CC1CC1. The van der Waals surface area contributed by atoms with Crippen LogP contribution in [0, 0.1) is 29.5 Å². The van der Waals surface area contributed by atoms with E-state index >= 15 is 0 Å². The highest BCUT2D eigenvalue weighted by atomic mass is 32.2. The van der Waals surface area contributed by atoms with Gasteiger partial charge in [-0.15, -0.1) is 0 Å². The Morgan fingerprint density at radius 3 is 2.41 bits per heavy atom. The average Bonchev–Trinajstić information content (AvgIpc) is 3.77. The fourth-order valence-electron chi connectivity index (χ4n) is 5.20. The Bertz CT molecular complexity index is 1540. The van der Waals surface area contributed by atoms with E-state index in [1.807, 2.05) is 31.2 Å². The van der Waals surface area contributed by atoms with Gasteiger partial charge in [0.15, 0.2) is 0 Å². The molecular weight excluding hydrogens is 539 g/mol. The van der Waals surface area contributed by atoms with Crippen molar-refractivity contribution in [3.05, 3.63) is 83.7 Å². The second-order valence-corrected chi connectivity index (χ2v) is 13.3. The number of nitrogens with zero attached hydrogens (tertiary/aromatic N) is 2. The molecule has 1 aliphatic heterocycles. The fraction of sp³-hybridized carbons (Fsp3) is 0.394. The predicted molar refractivity (Wildman–Crippen MR) is 158 cm³/mol. The molecule has 0 unspecified atom stereocenters. The number of aliphatic hydroxyl groups is 1. The molecule has 0 bridgehead atoms. The molecule has 2 aliphatic rings. The summed E-state index contributed by atoms with van der Waals surface area (Å²) in [5.41, 5.74) is 3.10. The van der Waals surface area contributed by atoms with Crippen LogP contribution in [0.15, 0.2) is 71.6 Å². The summed E-state index contributed by atoms with van der Waals surface area (Å²) in [5, 5.41) is 9.89. The van der Waals surface area contributed by atoms with Crippen molar-refractivity contribution in [1.82, 2.24) is 9.21 Å². The summed E-state index contributed by atoms with van der Waals surface area (Å²) in [4.78, 5) is 2.39. The van der Waals surface area contributed by atoms with E-state index in [9.17, 15) is 17.9 Å². The topological polar surface area (TPSA) is 70.1 Å². The van der Waals surface area contributed by atoms with E-state index in [1.165, 1.54) is 29.3 Å². The van der Waals surface area contributed by atoms with E-state index in [0.717, 1.165) is 29.2 Å². The molecule has 3 aromatic rings. The Morgan fingerprint density at radius 2 is 1.73 bits per heavy atom. The summed E-state index contributed by atoms with van der Waals surface area (Å²) >= 11 is 0. The van der Waals surface area contributed by atoms with Gasteiger partial charge in [0.1, 0.15) is 22.6 Å². The minimum atomic E-state index is -3.90. The van der Waals surface area contributed by atoms with Crippen LogP contribution >= 0.6 is 0 Å². The second-order valence-electron chi connectivity index (χ2n) is 11.4. The maximum Gasteiger partial charge on any atom is 0.247 e. The van der Waals surface area contributed by atoms with E-state index in [-0.39, 0.29) is 35.9 Å². The van der Waals surface area contributed by atoms with Crippen molar-refractivity contribution >= 4 is 10.0 Å². The minimum Gasteiger partial charge on any atom is -0.487 e. The third kappa shape index (κ3) is 6.99. The highest BCUT2D eigenvalue weighted by Gasteiger charge is 2.38. The second kappa shape index (κ2) is 12.3. The van der Waals surface area contributed by atoms with Gasteiger partial charge in [-0.3, -0.25) is 0 Å². The first-order valence-corrected chi connectivity index (χ1v) is 15.6. The van der Waals surface area contributed by atoms with Gasteiger partial charge in [0, 0.05) is 42.7 Å². The molecule has 1 saturated carbocycles. The van der Waals surface area contributed by atoms with Crippen LogP contribution in [0.4, 0.5) is 4.39 Å². The standard InChI is InChI=1S/C33H37FN2O4S/c1-23-19-36(24(2)22-37)41(38,39)33-16-15-29(18-31(33)40-32(23)21-35(3)20-27-9-10-27)28-13-11-25(12-14-28)7-8-26-5-4-6-30(34)17-26/h4-6,11-18,23-24,27,32,37H,9-10,19-22H2,1-3H3/t23-,24-,32-/m0/s1. The number of ether oxygens (including phenoxy) is 1. The Morgan fingerprint density at radius 1 is 1.02 bits per heavy atom. The first-order valence-electron chi connectivity index (χ1n) is 14.1. The molecule has 1 heterocycles. The van der Waals surface area contributed by atoms with Gasteiger partial charge in [0.05, 0.1) is 6.61 Å². The highest BCUT2D eigenvalue weighted by Crippen LogP contribution is 2.37. The van der Waals surface area contributed by atoms with Gasteiger partial charge >= 0.3 is 0 Å². The average molecular weight is 577 g/mol. The summed E-state index contributed by atoms with van der Waals surface area (Å²) in [7, 11) is -1.81. The minimum absolute atomic E-state index is 0.0896. The number of halogens is 1. The van der Waals surface area contributed by atoms with Crippen LogP contribution in [-0.2, 0) is 10.0 Å². The molecule has 0 radical (unpaired) electrons. The summed E-state index contributed by atoms with van der Waals surface area (Å²) < 4.78 is 49.0. The Hall–Kier alpha value is -3.22. The molecule has 1 fully saturated rings. The maximum atomic E-state index is 13.8. The first-order chi connectivity index (χ1) is 19.6. The summed E-state index contributed by atoms with van der Waals surface area (Å²) in [6.45, 7) is 5.44. The summed E-state index contributed by atoms with van der Waals surface area (Å²) in [6, 6.07) is 18.4. The van der Waals surface area contributed by atoms with E-state index in [1.54, 1.807) is 37.3 Å².